The Kier molecular flexibility index (Phi) is 6.94. The summed E-state index contributed by atoms with van der Waals surface area (Å²) < 4.78 is 30.7. The third-order valence-corrected chi connectivity index (χ3v) is 4.99. The van der Waals surface area contributed by atoms with E-state index in [0.29, 0.717) is 23.6 Å². The molecule has 9 nitrogen and oxygen atoms in total. The Morgan fingerprint density at radius 1 is 1.28 bits per heavy atom. The summed E-state index contributed by atoms with van der Waals surface area (Å²) in [5, 5.41) is 13.6. The normalized spacial score (nSPS) is 10.8. The van der Waals surface area contributed by atoms with Gasteiger partial charge in [0.05, 0.1) is 16.9 Å². The number of non-ortho nitro benzene ring substituents is 1. The number of amides is 1. The maximum Gasteiger partial charge on any atom is 0.271 e. The molecule has 1 amide bonds. The molecule has 0 saturated carbocycles. The molecule has 0 aromatic heterocycles. The van der Waals surface area contributed by atoms with Crippen LogP contribution in [0.5, 0.6) is 5.75 Å². The fourth-order valence-corrected chi connectivity index (χ4v) is 3.39. The first-order valence-electron chi connectivity index (χ1n) is 8.48. The van der Waals surface area contributed by atoms with Gasteiger partial charge in [-0.2, -0.15) is 0 Å². The van der Waals surface area contributed by atoms with Crippen molar-refractivity contribution in [2.24, 2.45) is 0 Å². The number of ether oxygens (including phenoxy) is 1. The highest BCUT2D eigenvalue weighted by atomic mass is 32.2. The Labute approximate surface area is 168 Å². The standard InChI is InChI=1S/C19H21N3O6S/c1-4-11-28-17-9-6-15(7-10-17)20-19(23)13-21(29(3,26)27)18-12-16(22(24)25)8-5-14(18)2/h4-10,12H,1,11,13H2,2-3H3,(H,20,23). The van der Waals surface area contributed by atoms with Crippen LogP contribution in [0.3, 0.4) is 0 Å². The van der Waals surface area contributed by atoms with Gasteiger partial charge in [-0.15, -0.1) is 0 Å². The number of carbonyl (C=O) groups is 1. The van der Waals surface area contributed by atoms with Crippen LogP contribution in [0.4, 0.5) is 17.1 Å². The topological polar surface area (TPSA) is 119 Å². The molecule has 0 radical (unpaired) electrons. The number of hydrogen-bond acceptors (Lipinski definition) is 6. The van der Waals surface area contributed by atoms with Crippen LogP contribution in [-0.2, 0) is 14.8 Å². The molecule has 0 unspecified atom stereocenters. The lowest BCUT2D eigenvalue weighted by molar-refractivity contribution is -0.384. The van der Waals surface area contributed by atoms with E-state index in [-0.39, 0.29) is 11.4 Å². The van der Waals surface area contributed by atoms with Crippen molar-refractivity contribution in [3.8, 4) is 5.75 Å². The zero-order valence-electron chi connectivity index (χ0n) is 16.0. The van der Waals surface area contributed by atoms with Crippen LogP contribution in [0.25, 0.3) is 0 Å². The third kappa shape index (κ3) is 6.04. The van der Waals surface area contributed by atoms with Gasteiger partial charge in [0.15, 0.2) is 0 Å². The maximum absolute atomic E-state index is 12.4. The number of sulfonamides is 1. The van der Waals surface area contributed by atoms with E-state index in [1.54, 1.807) is 37.3 Å². The number of nitro benzene ring substituents is 1. The number of nitrogens with zero attached hydrogens (tertiary/aromatic N) is 2. The highest BCUT2D eigenvalue weighted by Gasteiger charge is 2.24. The van der Waals surface area contributed by atoms with Gasteiger partial charge < -0.3 is 10.1 Å². The Morgan fingerprint density at radius 3 is 2.48 bits per heavy atom. The lowest BCUT2D eigenvalue weighted by Gasteiger charge is -2.23. The largest absolute Gasteiger partial charge is 0.490 e. The van der Waals surface area contributed by atoms with Crippen LogP contribution >= 0.6 is 0 Å². The highest BCUT2D eigenvalue weighted by Crippen LogP contribution is 2.27. The minimum atomic E-state index is -3.87. The Morgan fingerprint density at radius 2 is 1.93 bits per heavy atom. The molecule has 2 rings (SSSR count). The molecule has 154 valence electrons. The van der Waals surface area contributed by atoms with E-state index in [0.717, 1.165) is 16.6 Å². The Bertz CT molecular complexity index is 1020. The minimum Gasteiger partial charge on any atom is -0.490 e. The molecule has 10 heteroatoms. The molecule has 0 atom stereocenters. The Hall–Kier alpha value is -3.40. The fourth-order valence-electron chi connectivity index (χ4n) is 2.48. The van der Waals surface area contributed by atoms with Crippen molar-refractivity contribution in [2.45, 2.75) is 6.92 Å². The zero-order valence-corrected chi connectivity index (χ0v) is 16.8. The van der Waals surface area contributed by atoms with Crippen LogP contribution in [0, 0.1) is 17.0 Å². The van der Waals surface area contributed by atoms with Crippen molar-refractivity contribution in [1.29, 1.82) is 0 Å². The number of rotatable bonds is 9. The Balaban J connectivity index is 2.21. The molecule has 0 aliphatic carbocycles. The molecule has 0 aliphatic heterocycles. The van der Waals surface area contributed by atoms with E-state index in [1.165, 1.54) is 12.1 Å². The highest BCUT2D eigenvalue weighted by molar-refractivity contribution is 7.92. The number of benzene rings is 2. The molecular formula is C19H21N3O6S. The smallest absolute Gasteiger partial charge is 0.271 e. The second kappa shape index (κ2) is 9.20. The van der Waals surface area contributed by atoms with E-state index in [4.69, 9.17) is 4.74 Å². The van der Waals surface area contributed by atoms with Gasteiger partial charge in [0.2, 0.25) is 15.9 Å². The maximum atomic E-state index is 12.4. The van der Waals surface area contributed by atoms with Crippen LogP contribution in [0.15, 0.2) is 55.1 Å². The van der Waals surface area contributed by atoms with Crippen molar-refractivity contribution >= 4 is 33.0 Å². The van der Waals surface area contributed by atoms with Gasteiger partial charge in [-0.1, -0.05) is 18.7 Å². The average molecular weight is 419 g/mol. The summed E-state index contributed by atoms with van der Waals surface area (Å²) in [6.07, 6.45) is 2.54. The summed E-state index contributed by atoms with van der Waals surface area (Å²) in [6.45, 7) is 4.97. The lowest BCUT2D eigenvalue weighted by atomic mass is 10.2. The number of nitro groups is 1. The van der Waals surface area contributed by atoms with E-state index in [2.05, 4.69) is 11.9 Å². The summed E-state index contributed by atoms with van der Waals surface area (Å²) in [7, 11) is -3.87. The molecule has 0 aliphatic rings. The number of aryl methyl sites for hydroxylation is 1. The number of anilines is 2. The van der Waals surface area contributed by atoms with Gasteiger partial charge >= 0.3 is 0 Å². The second-order valence-corrected chi connectivity index (χ2v) is 8.08. The van der Waals surface area contributed by atoms with Gasteiger partial charge in [0.25, 0.3) is 5.69 Å². The predicted molar refractivity (Wildman–Crippen MR) is 111 cm³/mol. The third-order valence-electron chi connectivity index (χ3n) is 3.87. The van der Waals surface area contributed by atoms with E-state index < -0.39 is 27.4 Å². The van der Waals surface area contributed by atoms with E-state index >= 15 is 0 Å². The van der Waals surface area contributed by atoms with Crippen LogP contribution in [-0.4, -0.2) is 38.7 Å². The minimum absolute atomic E-state index is 0.0741. The van der Waals surface area contributed by atoms with Gasteiger partial charge in [0, 0.05) is 17.8 Å². The summed E-state index contributed by atoms with van der Waals surface area (Å²) in [4.78, 5) is 22.8. The first-order chi connectivity index (χ1) is 13.6. The molecule has 0 saturated heterocycles. The van der Waals surface area contributed by atoms with Crippen molar-refractivity contribution in [2.75, 3.05) is 29.0 Å². The van der Waals surface area contributed by atoms with Crippen LogP contribution in [0.1, 0.15) is 5.56 Å². The molecule has 0 fully saturated rings. The van der Waals surface area contributed by atoms with Gasteiger partial charge in [-0.25, -0.2) is 8.42 Å². The average Bonchev–Trinajstić information content (AvgIpc) is 2.65. The number of carbonyl (C=O) groups excluding carboxylic acids is 1. The van der Waals surface area contributed by atoms with E-state index in [9.17, 15) is 23.3 Å². The second-order valence-electron chi connectivity index (χ2n) is 6.17. The molecule has 2 aromatic carbocycles. The summed E-state index contributed by atoms with van der Waals surface area (Å²) in [5.74, 6) is -0.00558. The van der Waals surface area contributed by atoms with Gasteiger partial charge in [-0.3, -0.25) is 19.2 Å². The van der Waals surface area contributed by atoms with Crippen molar-refractivity contribution < 1.29 is 22.9 Å². The van der Waals surface area contributed by atoms with Crippen molar-refractivity contribution in [1.82, 2.24) is 0 Å². The zero-order chi connectivity index (χ0) is 21.6. The van der Waals surface area contributed by atoms with Crippen molar-refractivity contribution in [3.05, 3.63) is 70.8 Å². The number of nitrogens with one attached hydrogen (secondary N) is 1. The number of hydrogen-bond donors (Lipinski definition) is 1. The van der Waals surface area contributed by atoms with E-state index in [1.807, 2.05) is 0 Å². The first kappa shape index (κ1) is 21.9. The molecule has 0 heterocycles. The van der Waals surface area contributed by atoms with Crippen LogP contribution in [0.2, 0.25) is 0 Å². The SMILES string of the molecule is C=CCOc1ccc(NC(=O)CN(c2cc([N+](=O)[O-])ccc2C)S(C)(=O)=O)cc1. The predicted octanol–water partition coefficient (Wildman–Crippen LogP) is 2.87. The summed E-state index contributed by atoms with van der Waals surface area (Å²) >= 11 is 0. The first-order valence-corrected chi connectivity index (χ1v) is 10.3. The monoisotopic (exact) mass is 419 g/mol. The molecule has 29 heavy (non-hydrogen) atoms. The molecule has 1 N–H and O–H groups in total. The molecule has 2 aromatic rings. The molecular weight excluding hydrogens is 398 g/mol. The molecule has 0 bridgehead atoms. The van der Waals surface area contributed by atoms with Crippen LogP contribution < -0.4 is 14.4 Å². The fraction of sp³-hybridized carbons (Fsp3) is 0.211. The van der Waals surface area contributed by atoms with Crippen molar-refractivity contribution in [3.63, 3.8) is 0 Å². The molecule has 0 spiro atoms. The van der Waals surface area contributed by atoms with Gasteiger partial charge in [-0.05, 0) is 36.8 Å². The summed E-state index contributed by atoms with van der Waals surface area (Å²) in [6, 6.07) is 10.4. The quantitative estimate of drug-likeness (QED) is 0.379. The van der Waals surface area contributed by atoms with Gasteiger partial charge in [0.1, 0.15) is 18.9 Å². The lowest BCUT2D eigenvalue weighted by Crippen LogP contribution is -2.37. The summed E-state index contributed by atoms with van der Waals surface area (Å²) in [5.41, 5.74) is 0.738.